The first-order chi connectivity index (χ1) is 8.04. The number of nitrogens with two attached hydrogens (primary N) is 1. The molecule has 0 unspecified atom stereocenters. The fourth-order valence-electron chi connectivity index (χ4n) is 1.83. The van der Waals surface area contributed by atoms with Crippen LogP contribution >= 0.6 is 0 Å². The van der Waals surface area contributed by atoms with Crippen LogP contribution in [0.5, 0.6) is 0 Å². The molecule has 88 valence electrons. The summed E-state index contributed by atoms with van der Waals surface area (Å²) in [6, 6.07) is 2.12. The SMILES string of the molecule is Cc1c(C#N)c(N)n(Cc2ncn(C)n2)c1C. The van der Waals surface area contributed by atoms with Crippen molar-refractivity contribution in [2.45, 2.75) is 20.4 Å². The van der Waals surface area contributed by atoms with Crippen LogP contribution in [-0.4, -0.2) is 19.3 Å². The van der Waals surface area contributed by atoms with E-state index in [2.05, 4.69) is 16.2 Å². The molecule has 2 heterocycles. The summed E-state index contributed by atoms with van der Waals surface area (Å²) >= 11 is 0. The minimum Gasteiger partial charge on any atom is -0.384 e. The van der Waals surface area contributed by atoms with Gasteiger partial charge in [0.1, 0.15) is 18.2 Å². The Bertz CT molecular complexity index is 598. The van der Waals surface area contributed by atoms with Crippen molar-refractivity contribution in [1.29, 1.82) is 5.26 Å². The number of nitriles is 1. The zero-order valence-corrected chi connectivity index (χ0v) is 10.1. The van der Waals surface area contributed by atoms with E-state index in [1.165, 1.54) is 0 Å². The van der Waals surface area contributed by atoms with Gasteiger partial charge in [0.05, 0.1) is 12.1 Å². The maximum atomic E-state index is 9.03. The van der Waals surface area contributed by atoms with Gasteiger partial charge in [-0.2, -0.15) is 10.4 Å². The molecule has 0 saturated heterocycles. The fraction of sp³-hybridized carbons (Fsp3) is 0.364. The highest BCUT2D eigenvalue weighted by molar-refractivity contribution is 5.57. The molecule has 2 aromatic rings. The Morgan fingerprint density at radius 3 is 2.65 bits per heavy atom. The van der Waals surface area contributed by atoms with Gasteiger partial charge in [0.25, 0.3) is 0 Å². The molecule has 2 N–H and O–H groups in total. The second-order valence-corrected chi connectivity index (χ2v) is 4.00. The van der Waals surface area contributed by atoms with Crippen LogP contribution in [0.3, 0.4) is 0 Å². The fourth-order valence-corrected chi connectivity index (χ4v) is 1.83. The van der Waals surface area contributed by atoms with Crippen LogP contribution in [0.1, 0.15) is 22.6 Å². The Labute approximate surface area is 99.3 Å². The van der Waals surface area contributed by atoms with Gasteiger partial charge in [-0.15, -0.1) is 0 Å². The third-order valence-corrected chi connectivity index (χ3v) is 2.93. The number of nitrogen functional groups attached to an aromatic ring is 1. The van der Waals surface area contributed by atoms with Crippen LogP contribution in [0.25, 0.3) is 0 Å². The molecule has 2 aromatic heterocycles. The van der Waals surface area contributed by atoms with Crippen LogP contribution in [0, 0.1) is 25.2 Å². The number of aromatic nitrogens is 4. The second-order valence-electron chi connectivity index (χ2n) is 4.00. The van der Waals surface area contributed by atoms with Crippen molar-refractivity contribution in [3.8, 4) is 6.07 Å². The molecular formula is C11H14N6. The van der Waals surface area contributed by atoms with Crippen molar-refractivity contribution in [3.63, 3.8) is 0 Å². The highest BCUT2D eigenvalue weighted by Crippen LogP contribution is 2.23. The molecule has 17 heavy (non-hydrogen) atoms. The van der Waals surface area contributed by atoms with Crippen molar-refractivity contribution in [2.75, 3.05) is 5.73 Å². The molecule has 2 rings (SSSR count). The van der Waals surface area contributed by atoms with E-state index < -0.39 is 0 Å². The smallest absolute Gasteiger partial charge is 0.170 e. The first-order valence-electron chi connectivity index (χ1n) is 5.24. The summed E-state index contributed by atoms with van der Waals surface area (Å²) < 4.78 is 3.51. The molecular weight excluding hydrogens is 216 g/mol. The summed E-state index contributed by atoms with van der Waals surface area (Å²) in [4.78, 5) is 4.15. The lowest BCUT2D eigenvalue weighted by atomic mass is 10.2. The monoisotopic (exact) mass is 230 g/mol. The highest BCUT2D eigenvalue weighted by Gasteiger charge is 2.16. The molecule has 0 aromatic carbocycles. The van der Waals surface area contributed by atoms with Gasteiger partial charge in [-0.3, -0.25) is 4.68 Å². The summed E-state index contributed by atoms with van der Waals surface area (Å²) in [6.45, 7) is 4.32. The number of hydrogen-bond acceptors (Lipinski definition) is 4. The molecule has 0 amide bonds. The Morgan fingerprint density at radius 1 is 1.47 bits per heavy atom. The molecule has 0 bridgehead atoms. The minimum atomic E-state index is 0.481. The lowest BCUT2D eigenvalue weighted by Crippen LogP contribution is -2.08. The van der Waals surface area contributed by atoms with Gasteiger partial charge in [-0.1, -0.05) is 0 Å². The number of aryl methyl sites for hydroxylation is 1. The molecule has 0 spiro atoms. The van der Waals surface area contributed by atoms with Crippen LogP contribution in [-0.2, 0) is 13.6 Å². The van der Waals surface area contributed by atoms with E-state index in [9.17, 15) is 0 Å². The molecule has 0 fully saturated rings. The molecule has 0 aliphatic carbocycles. The summed E-state index contributed by atoms with van der Waals surface area (Å²) in [7, 11) is 1.81. The predicted molar refractivity (Wildman–Crippen MR) is 63.1 cm³/mol. The van der Waals surface area contributed by atoms with E-state index in [-0.39, 0.29) is 0 Å². The van der Waals surface area contributed by atoms with Gasteiger partial charge in [0.15, 0.2) is 5.82 Å². The van der Waals surface area contributed by atoms with Gasteiger partial charge in [-0.05, 0) is 19.4 Å². The Balaban J connectivity index is 2.44. The van der Waals surface area contributed by atoms with Gasteiger partial charge in [-0.25, -0.2) is 4.98 Å². The predicted octanol–water partition coefficient (Wildman–Crippen LogP) is 0.736. The number of hydrogen-bond donors (Lipinski definition) is 1. The molecule has 0 aliphatic rings. The summed E-state index contributed by atoms with van der Waals surface area (Å²) in [5, 5.41) is 13.2. The van der Waals surface area contributed by atoms with Crippen LogP contribution in [0.4, 0.5) is 5.82 Å². The molecule has 0 radical (unpaired) electrons. The summed E-state index contributed by atoms with van der Waals surface area (Å²) in [6.07, 6.45) is 1.64. The zero-order valence-electron chi connectivity index (χ0n) is 10.1. The van der Waals surface area contributed by atoms with Gasteiger partial charge in [0, 0.05) is 12.7 Å². The average Bonchev–Trinajstić information content (AvgIpc) is 2.78. The van der Waals surface area contributed by atoms with E-state index in [0.29, 0.717) is 23.8 Å². The van der Waals surface area contributed by atoms with E-state index in [4.69, 9.17) is 11.0 Å². The van der Waals surface area contributed by atoms with Crippen LogP contribution in [0.2, 0.25) is 0 Å². The van der Waals surface area contributed by atoms with Crippen molar-refractivity contribution < 1.29 is 0 Å². The molecule has 6 nitrogen and oxygen atoms in total. The van der Waals surface area contributed by atoms with Crippen molar-refractivity contribution in [1.82, 2.24) is 19.3 Å². The number of rotatable bonds is 2. The van der Waals surface area contributed by atoms with Crippen molar-refractivity contribution in [2.24, 2.45) is 7.05 Å². The third kappa shape index (κ3) is 1.76. The topological polar surface area (TPSA) is 85.5 Å². The maximum Gasteiger partial charge on any atom is 0.170 e. The van der Waals surface area contributed by atoms with Crippen LogP contribution < -0.4 is 5.73 Å². The lowest BCUT2D eigenvalue weighted by Gasteiger charge is -2.05. The first-order valence-corrected chi connectivity index (χ1v) is 5.24. The number of anilines is 1. The van der Waals surface area contributed by atoms with E-state index in [1.54, 1.807) is 11.0 Å². The van der Waals surface area contributed by atoms with Crippen LogP contribution in [0.15, 0.2) is 6.33 Å². The van der Waals surface area contributed by atoms with Gasteiger partial charge < -0.3 is 10.3 Å². The third-order valence-electron chi connectivity index (χ3n) is 2.93. The Morgan fingerprint density at radius 2 is 2.18 bits per heavy atom. The van der Waals surface area contributed by atoms with E-state index in [1.807, 2.05) is 25.5 Å². The normalized spacial score (nSPS) is 10.5. The van der Waals surface area contributed by atoms with Gasteiger partial charge in [0.2, 0.25) is 0 Å². The standard InChI is InChI=1S/C11H14N6/c1-7-8(2)17(11(13)9(7)4-12)5-10-14-6-16(3)15-10/h6H,5,13H2,1-3H3. The Kier molecular flexibility index (Phi) is 2.60. The number of nitrogens with zero attached hydrogens (tertiary/aromatic N) is 5. The zero-order chi connectivity index (χ0) is 12.6. The van der Waals surface area contributed by atoms with Crippen molar-refractivity contribution in [3.05, 3.63) is 29.0 Å². The Hall–Kier alpha value is -2.29. The van der Waals surface area contributed by atoms with Crippen molar-refractivity contribution >= 4 is 5.82 Å². The molecule has 0 saturated carbocycles. The first kappa shape index (κ1) is 11.2. The molecule has 0 aliphatic heterocycles. The minimum absolute atomic E-state index is 0.481. The van der Waals surface area contributed by atoms with Gasteiger partial charge >= 0.3 is 0 Å². The van der Waals surface area contributed by atoms with E-state index >= 15 is 0 Å². The second kappa shape index (κ2) is 3.94. The lowest BCUT2D eigenvalue weighted by molar-refractivity contribution is 0.697. The molecule has 6 heteroatoms. The quantitative estimate of drug-likeness (QED) is 0.824. The maximum absolute atomic E-state index is 9.03. The summed E-state index contributed by atoms with van der Waals surface area (Å²) in [5.41, 5.74) is 8.38. The average molecular weight is 230 g/mol. The van der Waals surface area contributed by atoms with E-state index in [0.717, 1.165) is 11.3 Å². The summed E-state index contributed by atoms with van der Waals surface area (Å²) in [5.74, 6) is 1.16. The largest absolute Gasteiger partial charge is 0.384 e. The highest BCUT2D eigenvalue weighted by atomic mass is 15.3. The molecule has 0 atom stereocenters.